The topological polar surface area (TPSA) is 75.1 Å². The number of nitrogens with one attached hydrogen (secondary N) is 1. The fourth-order valence-corrected chi connectivity index (χ4v) is 1.18. The average Bonchev–Trinajstić information content (AvgIpc) is 2.18. The Bertz CT molecular complexity index is 402. The second-order valence-electron chi connectivity index (χ2n) is 3.07. The van der Waals surface area contributed by atoms with Crippen molar-refractivity contribution in [1.29, 1.82) is 0 Å². The highest BCUT2D eigenvalue weighted by atomic mass is 16.4. The Morgan fingerprint density at radius 1 is 1.53 bits per heavy atom. The van der Waals surface area contributed by atoms with Gasteiger partial charge in [-0.2, -0.15) is 0 Å². The van der Waals surface area contributed by atoms with Crippen LogP contribution in [0, 0.1) is 13.8 Å². The Hall–Kier alpha value is -1.91. The normalized spacial score (nSPS) is 9.73. The van der Waals surface area contributed by atoms with Crippen molar-refractivity contribution in [3.05, 3.63) is 29.7 Å². The van der Waals surface area contributed by atoms with E-state index in [1.54, 1.807) is 19.9 Å². The summed E-state index contributed by atoms with van der Waals surface area (Å²) in [5.74, 6) is -0.0657. The molecule has 0 aromatic carbocycles. The SMILES string of the molecule is C=CCNc1nc(C)nc(C(=O)O)c1C. The van der Waals surface area contributed by atoms with Crippen LogP contribution in [0.15, 0.2) is 12.7 Å². The number of aromatic nitrogens is 2. The predicted octanol–water partition coefficient (Wildman–Crippen LogP) is 1.39. The summed E-state index contributed by atoms with van der Waals surface area (Å²) >= 11 is 0. The molecule has 5 heteroatoms. The third kappa shape index (κ3) is 2.52. The summed E-state index contributed by atoms with van der Waals surface area (Å²) in [7, 11) is 0. The highest BCUT2D eigenvalue weighted by Gasteiger charge is 2.14. The fraction of sp³-hybridized carbons (Fsp3) is 0.300. The van der Waals surface area contributed by atoms with Crippen LogP contribution in [0.3, 0.4) is 0 Å². The lowest BCUT2D eigenvalue weighted by molar-refractivity contribution is 0.0689. The van der Waals surface area contributed by atoms with Gasteiger partial charge in [0, 0.05) is 12.1 Å². The Morgan fingerprint density at radius 3 is 2.73 bits per heavy atom. The summed E-state index contributed by atoms with van der Waals surface area (Å²) in [4.78, 5) is 18.8. The molecule has 0 aliphatic carbocycles. The molecule has 0 unspecified atom stereocenters. The van der Waals surface area contributed by atoms with Gasteiger partial charge in [-0.3, -0.25) is 0 Å². The number of anilines is 1. The van der Waals surface area contributed by atoms with E-state index in [2.05, 4.69) is 21.9 Å². The van der Waals surface area contributed by atoms with E-state index in [4.69, 9.17) is 5.11 Å². The molecule has 1 rings (SSSR count). The molecular formula is C10H13N3O2. The minimum Gasteiger partial charge on any atom is -0.476 e. The maximum Gasteiger partial charge on any atom is 0.354 e. The van der Waals surface area contributed by atoms with Crippen molar-refractivity contribution in [2.24, 2.45) is 0 Å². The summed E-state index contributed by atoms with van der Waals surface area (Å²) in [6, 6.07) is 0. The number of aromatic carboxylic acids is 1. The van der Waals surface area contributed by atoms with E-state index in [1.807, 2.05) is 0 Å². The number of carboxylic acids is 1. The number of hydrogen-bond donors (Lipinski definition) is 2. The van der Waals surface area contributed by atoms with E-state index in [9.17, 15) is 4.79 Å². The van der Waals surface area contributed by atoms with Crippen LogP contribution >= 0.6 is 0 Å². The quantitative estimate of drug-likeness (QED) is 0.730. The third-order valence-electron chi connectivity index (χ3n) is 1.87. The minimum absolute atomic E-state index is 0.0362. The molecule has 1 heterocycles. The minimum atomic E-state index is -1.04. The van der Waals surface area contributed by atoms with Crippen molar-refractivity contribution in [2.45, 2.75) is 13.8 Å². The molecule has 0 aliphatic heterocycles. The Labute approximate surface area is 87.9 Å². The Kier molecular flexibility index (Phi) is 3.38. The molecule has 5 nitrogen and oxygen atoms in total. The lowest BCUT2D eigenvalue weighted by Crippen LogP contribution is -2.11. The van der Waals surface area contributed by atoms with E-state index in [-0.39, 0.29) is 5.69 Å². The smallest absolute Gasteiger partial charge is 0.354 e. The van der Waals surface area contributed by atoms with Gasteiger partial charge in [-0.1, -0.05) is 6.08 Å². The van der Waals surface area contributed by atoms with Crippen LogP contribution in [-0.2, 0) is 0 Å². The maximum atomic E-state index is 10.9. The molecule has 80 valence electrons. The van der Waals surface area contributed by atoms with Crippen LogP contribution < -0.4 is 5.32 Å². The first-order chi connectivity index (χ1) is 7.06. The standard InChI is InChI=1S/C10H13N3O2/c1-4-5-11-9-6(2)8(10(14)15)12-7(3)13-9/h4H,1,5H2,2-3H3,(H,14,15)(H,11,12,13). The molecule has 0 aliphatic rings. The Morgan fingerprint density at radius 2 is 2.20 bits per heavy atom. The van der Waals surface area contributed by atoms with E-state index < -0.39 is 5.97 Å². The van der Waals surface area contributed by atoms with E-state index in [1.165, 1.54) is 0 Å². The van der Waals surface area contributed by atoms with E-state index in [0.717, 1.165) is 0 Å². The Balaban J connectivity index is 3.15. The molecule has 15 heavy (non-hydrogen) atoms. The molecule has 1 aromatic rings. The summed E-state index contributed by atoms with van der Waals surface area (Å²) < 4.78 is 0. The van der Waals surface area contributed by atoms with Crippen molar-refractivity contribution < 1.29 is 9.90 Å². The summed E-state index contributed by atoms with van der Waals surface area (Å²) in [5, 5.41) is 11.9. The van der Waals surface area contributed by atoms with Crippen molar-refractivity contribution in [1.82, 2.24) is 9.97 Å². The molecule has 0 saturated carbocycles. The lowest BCUT2D eigenvalue weighted by Gasteiger charge is -2.09. The van der Waals surface area contributed by atoms with Gasteiger partial charge in [-0.15, -0.1) is 6.58 Å². The van der Waals surface area contributed by atoms with Gasteiger partial charge in [0.1, 0.15) is 11.6 Å². The molecule has 0 spiro atoms. The van der Waals surface area contributed by atoms with Crippen LogP contribution in [0.25, 0.3) is 0 Å². The van der Waals surface area contributed by atoms with Crippen LogP contribution in [0.1, 0.15) is 21.9 Å². The van der Waals surface area contributed by atoms with Crippen LogP contribution in [-0.4, -0.2) is 27.6 Å². The monoisotopic (exact) mass is 207 g/mol. The molecule has 0 saturated heterocycles. The van der Waals surface area contributed by atoms with Crippen LogP contribution in [0.5, 0.6) is 0 Å². The van der Waals surface area contributed by atoms with Gasteiger partial charge < -0.3 is 10.4 Å². The molecule has 0 amide bonds. The first kappa shape index (κ1) is 11.2. The van der Waals surface area contributed by atoms with Gasteiger partial charge in [0.15, 0.2) is 5.69 Å². The molecular weight excluding hydrogens is 194 g/mol. The number of rotatable bonds is 4. The molecule has 0 radical (unpaired) electrons. The van der Waals surface area contributed by atoms with E-state index in [0.29, 0.717) is 23.8 Å². The number of nitrogens with zero attached hydrogens (tertiary/aromatic N) is 2. The van der Waals surface area contributed by atoms with Crippen molar-refractivity contribution in [2.75, 3.05) is 11.9 Å². The number of hydrogen-bond acceptors (Lipinski definition) is 4. The zero-order valence-electron chi connectivity index (χ0n) is 8.74. The van der Waals surface area contributed by atoms with Crippen molar-refractivity contribution in [3.8, 4) is 0 Å². The van der Waals surface area contributed by atoms with Gasteiger partial charge >= 0.3 is 5.97 Å². The van der Waals surface area contributed by atoms with Crippen LogP contribution in [0.2, 0.25) is 0 Å². The van der Waals surface area contributed by atoms with Gasteiger partial charge in [0.25, 0.3) is 0 Å². The third-order valence-corrected chi connectivity index (χ3v) is 1.87. The zero-order chi connectivity index (χ0) is 11.4. The fourth-order valence-electron chi connectivity index (χ4n) is 1.18. The van der Waals surface area contributed by atoms with Crippen molar-refractivity contribution >= 4 is 11.8 Å². The first-order valence-corrected chi connectivity index (χ1v) is 4.49. The van der Waals surface area contributed by atoms with Crippen molar-refractivity contribution in [3.63, 3.8) is 0 Å². The second kappa shape index (κ2) is 4.54. The van der Waals surface area contributed by atoms with Gasteiger partial charge in [0.2, 0.25) is 0 Å². The molecule has 1 aromatic heterocycles. The summed E-state index contributed by atoms with van der Waals surface area (Å²) in [6.45, 7) is 7.43. The maximum absolute atomic E-state index is 10.9. The summed E-state index contributed by atoms with van der Waals surface area (Å²) in [5.41, 5.74) is 0.573. The largest absolute Gasteiger partial charge is 0.476 e. The zero-order valence-corrected chi connectivity index (χ0v) is 8.74. The molecule has 2 N–H and O–H groups in total. The lowest BCUT2D eigenvalue weighted by atomic mass is 10.2. The molecule has 0 atom stereocenters. The molecule has 0 fully saturated rings. The van der Waals surface area contributed by atoms with Gasteiger partial charge in [-0.05, 0) is 13.8 Å². The molecule has 0 bridgehead atoms. The number of carbonyl (C=O) groups is 1. The average molecular weight is 207 g/mol. The first-order valence-electron chi connectivity index (χ1n) is 4.49. The number of aryl methyl sites for hydroxylation is 1. The second-order valence-corrected chi connectivity index (χ2v) is 3.07. The van der Waals surface area contributed by atoms with E-state index >= 15 is 0 Å². The van der Waals surface area contributed by atoms with Crippen LogP contribution in [0.4, 0.5) is 5.82 Å². The highest BCUT2D eigenvalue weighted by Crippen LogP contribution is 2.15. The number of carboxylic acid groups (broad SMARTS) is 1. The van der Waals surface area contributed by atoms with Gasteiger partial charge in [-0.25, -0.2) is 14.8 Å². The highest BCUT2D eigenvalue weighted by molar-refractivity contribution is 5.88. The van der Waals surface area contributed by atoms with Gasteiger partial charge in [0.05, 0.1) is 0 Å². The summed E-state index contributed by atoms with van der Waals surface area (Å²) in [6.07, 6.45) is 1.68. The predicted molar refractivity (Wildman–Crippen MR) is 57.2 cm³/mol.